The Labute approximate surface area is 106 Å². The highest BCUT2D eigenvalue weighted by Crippen LogP contribution is 2.15. The van der Waals surface area contributed by atoms with Gasteiger partial charge < -0.3 is 0 Å². The topological polar surface area (TPSA) is 66.5 Å². The molecule has 0 saturated carbocycles. The van der Waals surface area contributed by atoms with Gasteiger partial charge in [-0.25, -0.2) is 4.79 Å². The number of barbiturate groups is 1. The van der Waals surface area contributed by atoms with E-state index in [0.29, 0.717) is 0 Å². The third kappa shape index (κ3) is 2.71. The van der Waals surface area contributed by atoms with E-state index in [1.165, 1.54) is 0 Å². The monoisotopic (exact) mass is 296 g/mol. The first-order chi connectivity index (χ1) is 8.06. The summed E-state index contributed by atoms with van der Waals surface area (Å²) in [5.41, 5.74) is 0.817. The highest BCUT2D eigenvalue weighted by atomic mass is 79.9. The van der Waals surface area contributed by atoms with Crippen LogP contribution in [0.3, 0.4) is 0 Å². The van der Waals surface area contributed by atoms with Gasteiger partial charge in [-0.2, -0.15) is 0 Å². The fourth-order valence-electron chi connectivity index (χ4n) is 1.55. The number of hydrogen-bond acceptors (Lipinski definition) is 3. The number of rotatable bonds is 2. The van der Waals surface area contributed by atoms with E-state index < -0.39 is 17.8 Å². The van der Waals surface area contributed by atoms with Gasteiger partial charge in [-0.3, -0.25) is 19.8 Å². The molecule has 0 bridgehead atoms. The predicted molar refractivity (Wildman–Crippen MR) is 62.8 cm³/mol. The van der Waals surface area contributed by atoms with Crippen molar-refractivity contribution in [3.05, 3.63) is 34.3 Å². The van der Waals surface area contributed by atoms with Crippen LogP contribution >= 0.6 is 15.9 Å². The Morgan fingerprint density at radius 1 is 1.29 bits per heavy atom. The number of urea groups is 1. The molecule has 88 valence electrons. The molecule has 1 aromatic carbocycles. The van der Waals surface area contributed by atoms with E-state index in [2.05, 4.69) is 21.2 Å². The average molecular weight is 297 g/mol. The highest BCUT2D eigenvalue weighted by Gasteiger charge is 2.30. The molecule has 1 aliphatic rings. The molecule has 0 spiro atoms. The summed E-state index contributed by atoms with van der Waals surface area (Å²) >= 11 is 3.31. The largest absolute Gasteiger partial charge is 0.331 e. The number of carbonyl (C=O) groups excluding carboxylic acids is 3. The SMILES string of the molecule is O=C1CC(=O)N(Cc2cccc(Br)c2)C(=O)N1. The molecule has 0 radical (unpaired) electrons. The van der Waals surface area contributed by atoms with Crippen LogP contribution in [0.25, 0.3) is 0 Å². The maximum absolute atomic E-state index is 11.5. The Hall–Kier alpha value is -1.69. The van der Waals surface area contributed by atoms with Gasteiger partial charge in [0.2, 0.25) is 11.8 Å². The molecule has 0 unspecified atom stereocenters. The highest BCUT2D eigenvalue weighted by molar-refractivity contribution is 9.10. The lowest BCUT2D eigenvalue weighted by atomic mass is 10.2. The van der Waals surface area contributed by atoms with Gasteiger partial charge in [0.1, 0.15) is 6.42 Å². The summed E-state index contributed by atoms with van der Waals surface area (Å²) in [5, 5.41) is 2.11. The van der Waals surface area contributed by atoms with Crippen molar-refractivity contribution >= 4 is 33.8 Å². The lowest BCUT2D eigenvalue weighted by molar-refractivity contribution is -0.136. The minimum Gasteiger partial charge on any atom is -0.277 e. The molecule has 6 heteroatoms. The lowest BCUT2D eigenvalue weighted by Gasteiger charge is -2.24. The maximum atomic E-state index is 11.5. The number of nitrogens with one attached hydrogen (secondary N) is 1. The second-order valence-electron chi connectivity index (χ2n) is 3.64. The van der Waals surface area contributed by atoms with Crippen LogP contribution in [-0.4, -0.2) is 22.7 Å². The fourth-order valence-corrected chi connectivity index (χ4v) is 2.00. The number of benzene rings is 1. The van der Waals surface area contributed by atoms with E-state index in [9.17, 15) is 14.4 Å². The van der Waals surface area contributed by atoms with Crippen LogP contribution in [0.15, 0.2) is 28.7 Å². The van der Waals surface area contributed by atoms with Crippen molar-refractivity contribution in [2.24, 2.45) is 0 Å². The minimum atomic E-state index is -0.661. The molecule has 2 rings (SSSR count). The molecule has 1 fully saturated rings. The van der Waals surface area contributed by atoms with Crippen LogP contribution in [-0.2, 0) is 16.1 Å². The Bertz CT molecular complexity index is 481. The average Bonchev–Trinajstić information content (AvgIpc) is 2.23. The summed E-state index contributed by atoms with van der Waals surface area (Å²) in [4.78, 5) is 35.0. The van der Waals surface area contributed by atoms with Crippen molar-refractivity contribution < 1.29 is 14.4 Å². The lowest BCUT2D eigenvalue weighted by Crippen LogP contribution is -2.52. The first-order valence-electron chi connectivity index (χ1n) is 4.95. The Balaban J connectivity index is 2.15. The van der Waals surface area contributed by atoms with Crippen molar-refractivity contribution in [3.63, 3.8) is 0 Å². The molecular weight excluding hydrogens is 288 g/mol. The molecule has 4 amide bonds. The van der Waals surface area contributed by atoms with E-state index in [1.54, 1.807) is 0 Å². The number of hydrogen-bond donors (Lipinski definition) is 1. The second-order valence-corrected chi connectivity index (χ2v) is 4.56. The zero-order chi connectivity index (χ0) is 12.4. The van der Waals surface area contributed by atoms with E-state index in [1.807, 2.05) is 24.3 Å². The number of carbonyl (C=O) groups is 3. The summed E-state index contributed by atoms with van der Waals surface area (Å²) < 4.78 is 0.871. The number of amides is 4. The normalized spacial score (nSPS) is 16.1. The molecular formula is C11H9BrN2O3. The molecule has 0 aliphatic carbocycles. The van der Waals surface area contributed by atoms with Gasteiger partial charge in [0.15, 0.2) is 0 Å². The van der Waals surface area contributed by atoms with Gasteiger partial charge in [-0.15, -0.1) is 0 Å². The van der Waals surface area contributed by atoms with E-state index in [4.69, 9.17) is 0 Å². The van der Waals surface area contributed by atoms with Gasteiger partial charge in [0.05, 0.1) is 6.54 Å². The number of imide groups is 2. The van der Waals surface area contributed by atoms with Crippen molar-refractivity contribution in [2.75, 3.05) is 0 Å². The molecule has 1 aliphatic heterocycles. The third-order valence-electron chi connectivity index (χ3n) is 2.33. The second kappa shape index (κ2) is 4.67. The summed E-state index contributed by atoms with van der Waals surface area (Å²) in [6.07, 6.45) is -0.278. The van der Waals surface area contributed by atoms with E-state index >= 15 is 0 Å². The zero-order valence-electron chi connectivity index (χ0n) is 8.77. The summed E-state index contributed by atoms with van der Waals surface area (Å²) in [6.45, 7) is 0.164. The standard InChI is InChI=1S/C11H9BrN2O3/c12-8-3-1-2-7(4-8)6-14-10(16)5-9(15)13-11(14)17/h1-4H,5-6H2,(H,13,15,17). The van der Waals surface area contributed by atoms with Crippen molar-refractivity contribution in [1.29, 1.82) is 0 Å². The molecule has 0 aromatic heterocycles. The molecule has 0 atom stereocenters. The zero-order valence-corrected chi connectivity index (χ0v) is 10.4. The minimum absolute atomic E-state index is 0.164. The predicted octanol–water partition coefficient (Wildman–Crippen LogP) is 1.42. The van der Waals surface area contributed by atoms with Crippen LogP contribution in [0.4, 0.5) is 4.79 Å². The summed E-state index contributed by atoms with van der Waals surface area (Å²) in [6, 6.07) is 6.63. The van der Waals surface area contributed by atoms with Crippen molar-refractivity contribution in [1.82, 2.24) is 10.2 Å². The molecule has 1 heterocycles. The Morgan fingerprint density at radius 3 is 2.71 bits per heavy atom. The first kappa shape index (κ1) is 11.8. The van der Waals surface area contributed by atoms with Crippen molar-refractivity contribution in [3.8, 4) is 0 Å². The molecule has 17 heavy (non-hydrogen) atoms. The molecule has 1 saturated heterocycles. The Morgan fingerprint density at radius 2 is 2.06 bits per heavy atom. The van der Waals surface area contributed by atoms with Crippen LogP contribution in [0.2, 0.25) is 0 Å². The van der Waals surface area contributed by atoms with Crippen LogP contribution < -0.4 is 5.32 Å². The number of halogens is 1. The quantitative estimate of drug-likeness (QED) is 0.839. The van der Waals surface area contributed by atoms with Gasteiger partial charge in [0, 0.05) is 4.47 Å². The Kier molecular flexibility index (Phi) is 3.23. The smallest absolute Gasteiger partial charge is 0.277 e. The van der Waals surface area contributed by atoms with Gasteiger partial charge in [0.25, 0.3) is 0 Å². The third-order valence-corrected chi connectivity index (χ3v) is 2.83. The number of nitrogens with zero attached hydrogens (tertiary/aromatic N) is 1. The first-order valence-corrected chi connectivity index (χ1v) is 5.74. The van der Waals surface area contributed by atoms with E-state index in [0.717, 1.165) is 14.9 Å². The van der Waals surface area contributed by atoms with Gasteiger partial charge in [-0.05, 0) is 17.7 Å². The summed E-state index contributed by atoms with van der Waals surface area (Å²) in [5.74, 6) is -1.02. The molecule has 1 N–H and O–H groups in total. The maximum Gasteiger partial charge on any atom is 0.331 e. The molecule has 1 aromatic rings. The van der Waals surface area contributed by atoms with Crippen LogP contribution in [0.5, 0.6) is 0 Å². The van der Waals surface area contributed by atoms with Crippen LogP contribution in [0.1, 0.15) is 12.0 Å². The van der Waals surface area contributed by atoms with Gasteiger partial charge >= 0.3 is 6.03 Å². The van der Waals surface area contributed by atoms with E-state index in [-0.39, 0.29) is 13.0 Å². The fraction of sp³-hybridized carbons (Fsp3) is 0.182. The summed E-state index contributed by atoms with van der Waals surface area (Å²) in [7, 11) is 0. The van der Waals surface area contributed by atoms with Gasteiger partial charge in [-0.1, -0.05) is 28.1 Å². The van der Waals surface area contributed by atoms with Crippen LogP contribution in [0, 0.1) is 0 Å². The van der Waals surface area contributed by atoms with Crippen molar-refractivity contribution in [2.45, 2.75) is 13.0 Å². The molecule has 5 nitrogen and oxygen atoms in total.